The Bertz CT molecular complexity index is 977. The number of carbonyl (C=O) groups excluding carboxylic acids is 1. The summed E-state index contributed by atoms with van der Waals surface area (Å²) in [4.78, 5) is 14.4. The lowest BCUT2D eigenvalue weighted by atomic mass is 10.1. The van der Waals surface area contributed by atoms with E-state index in [0.29, 0.717) is 26.1 Å². The molecular weight excluding hydrogens is 403 g/mol. The van der Waals surface area contributed by atoms with Crippen LogP contribution in [0, 0.1) is 18.2 Å². The Balaban J connectivity index is 2.01. The molecule has 0 unspecified atom stereocenters. The summed E-state index contributed by atoms with van der Waals surface area (Å²) in [7, 11) is -3.50. The molecule has 0 radical (unpaired) electrons. The third kappa shape index (κ3) is 6.15. The van der Waals surface area contributed by atoms with E-state index in [1.165, 1.54) is 16.4 Å². The van der Waals surface area contributed by atoms with Gasteiger partial charge in [-0.05, 0) is 41.8 Å². The lowest BCUT2D eigenvalue weighted by molar-refractivity contribution is -0.131. The molecular formula is C23H27FN2O3S. The van der Waals surface area contributed by atoms with Crippen molar-refractivity contribution in [2.24, 2.45) is 0 Å². The summed E-state index contributed by atoms with van der Waals surface area (Å²) < 4.78 is 39.6. The lowest BCUT2D eigenvalue weighted by Crippen LogP contribution is -2.31. The first-order valence-corrected chi connectivity index (χ1v) is 11.3. The second-order valence-electron chi connectivity index (χ2n) is 6.81. The zero-order valence-corrected chi connectivity index (χ0v) is 18.2. The molecule has 160 valence electrons. The Kier molecular flexibility index (Phi) is 8.58. The van der Waals surface area contributed by atoms with E-state index in [2.05, 4.69) is 5.92 Å². The van der Waals surface area contributed by atoms with Crippen molar-refractivity contribution in [2.75, 3.05) is 19.6 Å². The van der Waals surface area contributed by atoms with Gasteiger partial charge in [0, 0.05) is 26.1 Å². The van der Waals surface area contributed by atoms with Gasteiger partial charge in [0.15, 0.2) is 0 Å². The Morgan fingerprint density at radius 3 is 2.10 bits per heavy atom. The maximum absolute atomic E-state index is 13.1. The molecule has 1 amide bonds. The number of sulfonamides is 1. The molecule has 0 aliphatic carbocycles. The highest BCUT2D eigenvalue weighted by molar-refractivity contribution is 7.89. The van der Waals surface area contributed by atoms with Crippen molar-refractivity contribution in [2.45, 2.75) is 38.1 Å². The molecule has 2 aromatic carbocycles. The van der Waals surface area contributed by atoms with Gasteiger partial charge in [0.1, 0.15) is 5.82 Å². The van der Waals surface area contributed by atoms with E-state index in [1.807, 2.05) is 0 Å². The van der Waals surface area contributed by atoms with Crippen molar-refractivity contribution in [3.63, 3.8) is 0 Å². The summed E-state index contributed by atoms with van der Waals surface area (Å²) in [6, 6.07) is 12.6. The fourth-order valence-corrected chi connectivity index (χ4v) is 4.56. The fourth-order valence-electron chi connectivity index (χ4n) is 3.10. The summed E-state index contributed by atoms with van der Waals surface area (Å²) in [5, 5.41) is 0. The van der Waals surface area contributed by atoms with Gasteiger partial charge in [0.25, 0.3) is 0 Å². The molecule has 0 spiro atoms. The number of hydrogen-bond acceptors (Lipinski definition) is 3. The molecule has 30 heavy (non-hydrogen) atoms. The zero-order chi connectivity index (χ0) is 22.1. The number of halogens is 1. The highest BCUT2D eigenvalue weighted by Crippen LogP contribution is 2.17. The number of amides is 1. The average molecular weight is 431 g/mol. The average Bonchev–Trinajstić information content (AvgIpc) is 2.74. The van der Waals surface area contributed by atoms with Crippen molar-refractivity contribution in [1.82, 2.24) is 9.21 Å². The van der Waals surface area contributed by atoms with Gasteiger partial charge in [-0.3, -0.25) is 4.79 Å². The molecule has 0 saturated carbocycles. The quantitative estimate of drug-likeness (QED) is 0.543. The molecule has 0 N–H and O–H groups in total. The second kappa shape index (κ2) is 10.9. The number of benzene rings is 2. The van der Waals surface area contributed by atoms with Crippen LogP contribution in [0.25, 0.3) is 0 Å². The SMILES string of the molecule is C#CCN(Cc1ccc(F)cc1)C(=O)CCc1ccc(S(=O)(=O)N(CC)CC)cc1. The first-order valence-electron chi connectivity index (χ1n) is 9.86. The number of carbonyl (C=O) groups is 1. The molecule has 0 bridgehead atoms. The standard InChI is InChI=1S/C23H27FN2O3S/c1-4-17-25(18-20-7-12-21(24)13-8-20)23(27)16-11-19-9-14-22(15-10-19)30(28,29)26(5-2)6-3/h1,7-10,12-15H,5-6,11,16-18H2,2-3H3. The van der Waals surface area contributed by atoms with Crippen LogP contribution in [-0.2, 0) is 27.8 Å². The fraction of sp³-hybridized carbons (Fsp3) is 0.348. The highest BCUT2D eigenvalue weighted by atomic mass is 32.2. The number of rotatable bonds is 10. The third-order valence-electron chi connectivity index (χ3n) is 4.82. The predicted octanol–water partition coefficient (Wildman–Crippen LogP) is 3.45. The van der Waals surface area contributed by atoms with Gasteiger partial charge in [0.2, 0.25) is 15.9 Å². The first-order chi connectivity index (χ1) is 14.3. The number of aryl methyl sites for hydroxylation is 1. The molecule has 2 aromatic rings. The Hall–Kier alpha value is -2.69. The van der Waals surface area contributed by atoms with Crippen LogP contribution < -0.4 is 0 Å². The van der Waals surface area contributed by atoms with Crippen LogP contribution in [0.15, 0.2) is 53.4 Å². The number of terminal acetylenes is 1. The van der Waals surface area contributed by atoms with Crippen molar-refractivity contribution in [3.8, 4) is 12.3 Å². The highest BCUT2D eigenvalue weighted by Gasteiger charge is 2.21. The van der Waals surface area contributed by atoms with Crippen LogP contribution in [0.3, 0.4) is 0 Å². The van der Waals surface area contributed by atoms with E-state index in [0.717, 1.165) is 11.1 Å². The van der Waals surface area contributed by atoms with Crippen molar-refractivity contribution < 1.29 is 17.6 Å². The maximum atomic E-state index is 13.1. The molecule has 0 aliphatic rings. The molecule has 0 atom stereocenters. The normalized spacial score (nSPS) is 11.3. The predicted molar refractivity (Wildman–Crippen MR) is 116 cm³/mol. The van der Waals surface area contributed by atoms with Gasteiger partial charge in [-0.2, -0.15) is 4.31 Å². The van der Waals surface area contributed by atoms with Crippen molar-refractivity contribution in [3.05, 3.63) is 65.5 Å². The summed E-state index contributed by atoms with van der Waals surface area (Å²) >= 11 is 0. The minimum Gasteiger partial charge on any atom is -0.327 e. The molecule has 0 heterocycles. The minimum absolute atomic E-state index is 0.114. The van der Waals surface area contributed by atoms with Crippen LogP contribution in [0.1, 0.15) is 31.4 Å². The molecule has 0 fully saturated rings. The smallest absolute Gasteiger partial charge is 0.243 e. The van der Waals surface area contributed by atoms with Crippen molar-refractivity contribution >= 4 is 15.9 Å². The van der Waals surface area contributed by atoms with E-state index in [9.17, 15) is 17.6 Å². The van der Waals surface area contributed by atoms with E-state index < -0.39 is 10.0 Å². The number of nitrogens with zero attached hydrogens (tertiary/aromatic N) is 2. The van der Waals surface area contributed by atoms with Gasteiger partial charge in [-0.15, -0.1) is 6.42 Å². The molecule has 2 rings (SSSR count). The summed E-state index contributed by atoms with van der Waals surface area (Å²) in [6.07, 6.45) is 6.10. The summed E-state index contributed by atoms with van der Waals surface area (Å²) in [6.45, 7) is 4.90. The first kappa shape index (κ1) is 23.6. The van der Waals surface area contributed by atoms with E-state index in [-0.39, 0.29) is 29.6 Å². The molecule has 5 nitrogen and oxygen atoms in total. The molecule has 0 saturated heterocycles. The third-order valence-corrected chi connectivity index (χ3v) is 6.88. The van der Waals surface area contributed by atoms with E-state index in [4.69, 9.17) is 6.42 Å². The zero-order valence-electron chi connectivity index (χ0n) is 17.3. The molecule has 0 aliphatic heterocycles. The van der Waals surface area contributed by atoms with Gasteiger partial charge in [-0.1, -0.05) is 44.0 Å². The lowest BCUT2D eigenvalue weighted by Gasteiger charge is -2.21. The van der Waals surface area contributed by atoms with E-state index in [1.54, 1.807) is 55.1 Å². The summed E-state index contributed by atoms with van der Waals surface area (Å²) in [5.41, 5.74) is 1.66. The van der Waals surface area contributed by atoms with Crippen molar-refractivity contribution in [1.29, 1.82) is 0 Å². The van der Waals surface area contributed by atoms with Crippen LogP contribution in [0.4, 0.5) is 4.39 Å². The Morgan fingerprint density at radius 2 is 1.57 bits per heavy atom. The van der Waals surface area contributed by atoms with Crippen LogP contribution in [0.5, 0.6) is 0 Å². The Morgan fingerprint density at radius 1 is 1.00 bits per heavy atom. The molecule has 7 heteroatoms. The van der Waals surface area contributed by atoms with Crippen LogP contribution in [0.2, 0.25) is 0 Å². The van der Waals surface area contributed by atoms with Crippen LogP contribution in [-0.4, -0.2) is 43.2 Å². The minimum atomic E-state index is -3.50. The summed E-state index contributed by atoms with van der Waals surface area (Å²) in [5.74, 6) is 2.04. The van der Waals surface area contributed by atoms with Gasteiger partial charge >= 0.3 is 0 Å². The van der Waals surface area contributed by atoms with Crippen LogP contribution >= 0.6 is 0 Å². The van der Waals surface area contributed by atoms with E-state index >= 15 is 0 Å². The topological polar surface area (TPSA) is 57.7 Å². The maximum Gasteiger partial charge on any atom is 0.243 e. The Labute approximate surface area is 178 Å². The van der Waals surface area contributed by atoms with Gasteiger partial charge in [0.05, 0.1) is 11.4 Å². The molecule has 0 aromatic heterocycles. The van der Waals surface area contributed by atoms with Gasteiger partial charge in [-0.25, -0.2) is 12.8 Å². The van der Waals surface area contributed by atoms with Gasteiger partial charge < -0.3 is 4.90 Å². The largest absolute Gasteiger partial charge is 0.327 e. The second-order valence-corrected chi connectivity index (χ2v) is 8.75. The number of hydrogen-bond donors (Lipinski definition) is 0. The monoisotopic (exact) mass is 430 g/mol.